The Bertz CT molecular complexity index is 455. The van der Waals surface area contributed by atoms with Crippen LogP contribution in [0.25, 0.3) is 0 Å². The average molecular weight is 295 g/mol. The van der Waals surface area contributed by atoms with Crippen LogP contribution in [-0.2, 0) is 6.42 Å². The van der Waals surface area contributed by atoms with Crippen molar-refractivity contribution in [3.8, 4) is 0 Å². The van der Waals surface area contributed by atoms with Crippen molar-refractivity contribution < 1.29 is 9.90 Å². The second kappa shape index (κ2) is 7.23. The molecule has 0 spiro atoms. The molecule has 2 unspecified atom stereocenters. The monoisotopic (exact) mass is 295 g/mol. The van der Waals surface area contributed by atoms with Crippen LogP contribution < -0.4 is 5.32 Å². The van der Waals surface area contributed by atoms with Crippen molar-refractivity contribution in [1.29, 1.82) is 0 Å². The van der Waals surface area contributed by atoms with E-state index in [1.165, 1.54) is 10.4 Å². The highest BCUT2D eigenvalue weighted by atomic mass is 32.1. The van der Waals surface area contributed by atoms with Gasteiger partial charge in [0, 0.05) is 4.88 Å². The molecule has 1 fully saturated rings. The fourth-order valence-corrected chi connectivity index (χ4v) is 3.82. The van der Waals surface area contributed by atoms with Gasteiger partial charge in [-0.1, -0.05) is 32.6 Å². The van der Waals surface area contributed by atoms with Gasteiger partial charge in [0.2, 0.25) is 0 Å². The Balaban J connectivity index is 2.01. The van der Waals surface area contributed by atoms with Gasteiger partial charge in [0.1, 0.15) is 0 Å². The number of thiophene rings is 1. The molecule has 1 aliphatic carbocycles. The lowest BCUT2D eigenvalue weighted by molar-refractivity contribution is 0.0822. The Morgan fingerprint density at radius 2 is 2.15 bits per heavy atom. The van der Waals surface area contributed by atoms with Crippen LogP contribution in [0.5, 0.6) is 0 Å². The van der Waals surface area contributed by atoms with Gasteiger partial charge in [0.15, 0.2) is 0 Å². The summed E-state index contributed by atoms with van der Waals surface area (Å²) in [6.45, 7) is 4.23. The molecule has 3 nitrogen and oxygen atoms in total. The maximum Gasteiger partial charge on any atom is 0.261 e. The summed E-state index contributed by atoms with van der Waals surface area (Å²) >= 11 is 1.56. The molecule has 2 atom stereocenters. The molecule has 1 aromatic heterocycles. The Morgan fingerprint density at radius 1 is 1.40 bits per heavy atom. The van der Waals surface area contributed by atoms with E-state index < -0.39 is 6.10 Å². The van der Waals surface area contributed by atoms with Crippen molar-refractivity contribution in [2.24, 2.45) is 0 Å². The summed E-state index contributed by atoms with van der Waals surface area (Å²) in [6, 6.07) is 1.93. The summed E-state index contributed by atoms with van der Waals surface area (Å²) in [5.74, 6) is -0.0218. The number of hydrogen-bond acceptors (Lipinski definition) is 3. The third kappa shape index (κ3) is 3.83. The number of rotatable bonds is 4. The van der Waals surface area contributed by atoms with Gasteiger partial charge in [-0.05, 0) is 37.8 Å². The number of nitrogens with one attached hydrogen (secondary N) is 1. The first kappa shape index (κ1) is 15.5. The van der Waals surface area contributed by atoms with Gasteiger partial charge in [-0.25, -0.2) is 0 Å². The highest BCUT2D eigenvalue weighted by Crippen LogP contribution is 2.24. The number of amides is 1. The van der Waals surface area contributed by atoms with Crippen molar-refractivity contribution in [1.82, 2.24) is 5.32 Å². The van der Waals surface area contributed by atoms with E-state index in [2.05, 4.69) is 19.2 Å². The van der Waals surface area contributed by atoms with E-state index in [-0.39, 0.29) is 11.9 Å². The Hall–Kier alpha value is -0.870. The quantitative estimate of drug-likeness (QED) is 0.836. The van der Waals surface area contributed by atoms with Gasteiger partial charge in [-0.3, -0.25) is 4.79 Å². The predicted molar refractivity (Wildman–Crippen MR) is 83.4 cm³/mol. The van der Waals surface area contributed by atoms with Crippen molar-refractivity contribution >= 4 is 17.2 Å². The fourth-order valence-electron chi connectivity index (χ4n) is 2.85. The van der Waals surface area contributed by atoms with E-state index in [9.17, 15) is 9.90 Å². The van der Waals surface area contributed by atoms with Crippen LogP contribution in [0.15, 0.2) is 6.07 Å². The molecule has 1 saturated carbocycles. The van der Waals surface area contributed by atoms with Gasteiger partial charge >= 0.3 is 0 Å². The Labute approximate surface area is 125 Å². The zero-order valence-electron chi connectivity index (χ0n) is 12.4. The molecule has 1 aromatic rings. The van der Waals surface area contributed by atoms with Crippen LogP contribution in [0.3, 0.4) is 0 Å². The summed E-state index contributed by atoms with van der Waals surface area (Å²) in [4.78, 5) is 14.3. The molecule has 1 aliphatic rings. The third-order valence-electron chi connectivity index (χ3n) is 4.06. The molecular formula is C16H25NO2S. The maximum absolute atomic E-state index is 12.3. The van der Waals surface area contributed by atoms with Crippen LogP contribution in [0.1, 0.15) is 65.6 Å². The summed E-state index contributed by atoms with van der Waals surface area (Å²) in [5.41, 5.74) is 1.28. The molecule has 4 heteroatoms. The van der Waals surface area contributed by atoms with Crippen molar-refractivity contribution in [2.45, 2.75) is 70.9 Å². The molecule has 0 bridgehead atoms. The van der Waals surface area contributed by atoms with Crippen LogP contribution >= 0.6 is 11.3 Å². The van der Waals surface area contributed by atoms with Gasteiger partial charge in [-0.15, -0.1) is 11.3 Å². The van der Waals surface area contributed by atoms with Gasteiger partial charge < -0.3 is 10.4 Å². The first-order valence-electron chi connectivity index (χ1n) is 7.70. The number of carbonyl (C=O) groups excluding carboxylic acids is 1. The molecule has 0 saturated heterocycles. The number of hydrogen-bond donors (Lipinski definition) is 2. The molecule has 112 valence electrons. The summed E-state index contributed by atoms with van der Waals surface area (Å²) in [6.07, 6.45) is 6.73. The zero-order chi connectivity index (χ0) is 14.5. The number of aryl methyl sites for hydroxylation is 2. The van der Waals surface area contributed by atoms with Crippen molar-refractivity contribution in [3.05, 3.63) is 21.4 Å². The summed E-state index contributed by atoms with van der Waals surface area (Å²) < 4.78 is 0. The number of aliphatic hydroxyl groups excluding tert-OH is 1. The minimum absolute atomic E-state index is 0.0218. The molecule has 0 aromatic carbocycles. The van der Waals surface area contributed by atoms with Gasteiger partial charge in [0.05, 0.1) is 17.0 Å². The van der Waals surface area contributed by atoms with E-state index in [0.29, 0.717) is 0 Å². The maximum atomic E-state index is 12.3. The van der Waals surface area contributed by atoms with Gasteiger partial charge in [0.25, 0.3) is 5.91 Å². The van der Waals surface area contributed by atoms with E-state index in [1.54, 1.807) is 11.3 Å². The second-order valence-electron chi connectivity index (χ2n) is 5.73. The van der Waals surface area contributed by atoms with Crippen LogP contribution in [0.4, 0.5) is 0 Å². The number of aliphatic hydroxyl groups is 1. The lowest BCUT2D eigenvalue weighted by atomic mass is 10.1. The first-order valence-corrected chi connectivity index (χ1v) is 8.51. The van der Waals surface area contributed by atoms with Crippen LogP contribution in [-0.4, -0.2) is 23.2 Å². The average Bonchev–Trinajstić information content (AvgIpc) is 2.66. The largest absolute Gasteiger partial charge is 0.391 e. The third-order valence-corrected chi connectivity index (χ3v) is 5.15. The second-order valence-corrected chi connectivity index (χ2v) is 6.98. The predicted octanol–water partition coefficient (Wildman–Crippen LogP) is 3.43. The Morgan fingerprint density at radius 3 is 2.90 bits per heavy atom. The SMILES string of the molecule is CCCc1cc(C(=O)NC2CCCCCC2O)sc1C. The minimum atomic E-state index is -0.391. The fraction of sp³-hybridized carbons (Fsp3) is 0.688. The van der Waals surface area contributed by atoms with E-state index in [4.69, 9.17) is 0 Å². The molecule has 2 rings (SSSR count). The summed E-state index contributed by atoms with van der Waals surface area (Å²) in [7, 11) is 0. The lowest BCUT2D eigenvalue weighted by Crippen LogP contribution is -2.42. The van der Waals surface area contributed by atoms with Crippen LogP contribution in [0, 0.1) is 6.92 Å². The van der Waals surface area contributed by atoms with E-state index in [0.717, 1.165) is 49.8 Å². The molecular weight excluding hydrogens is 270 g/mol. The lowest BCUT2D eigenvalue weighted by Gasteiger charge is -2.21. The molecule has 2 N–H and O–H groups in total. The normalized spacial score (nSPS) is 23.4. The topological polar surface area (TPSA) is 49.3 Å². The summed E-state index contributed by atoms with van der Waals surface area (Å²) in [5, 5.41) is 13.1. The minimum Gasteiger partial charge on any atom is -0.391 e. The molecule has 1 amide bonds. The number of carbonyl (C=O) groups is 1. The molecule has 1 heterocycles. The standard InChI is InChI=1S/C16H25NO2S/c1-3-7-12-10-15(20-11(12)2)16(19)17-13-8-5-4-6-9-14(13)18/h10,13-14,18H,3-9H2,1-2H3,(H,17,19). The molecule has 0 aliphatic heterocycles. The van der Waals surface area contributed by atoms with E-state index >= 15 is 0 Å². The van der Waals surface area contributed by atoms with Gasteiger partial charge in [-0.2, -0.15) is 0 Å². The smallest absolute Gasteiger partial charge is 0.261 e. The first-order chi connectivity index (χ1) is 9.61. The molecule has 20 heavy (non-hydrogen) atoms. The van der Waals surface area contributed by atoms with Crippen molar-refractivity contribution in [3.63, 3.8) is 0 Å². The van der Waals surface area contributed by atoms with E-state index in [1.807, 2.05) is 6.07 Å². The highest BCUT2D eigenvalue weighted by molar-refractivity contribution is 7.14. The highest BCUT2D eigenvalue weighted by Gasteiger charge is 2.24. The van der Waals surface area contributed by atoms with Crippen LogP contribution in [0.2, 0.25) is 0 Å². The molecule has 0 radical (unpaired) electrons. The zero-order valence-corrected chi connectivity index (χ0v) is 13.3. The van der Waals surface area contributed by atoms with Crippen molar-refractivity contribution in [2.75, 3.05) is 0 Å². The Kier molecular flexibility index (Phi) is 5.61.